The van der Waals surface area contributed by atoms with E-state index >= 15 is 0 Å². The molecule has 0 saturated carbocycles. The van der Waals surface area contributed by atoms with E-state index in [2.05, 4.69) is 5.32 Å². The molecule has 114 valence electrons. The minimum Gasteiger partial charge on any atom is -0.490 e. The number of methoxy groups -OCH3 is 1. The highest BCUT2D eigenvalue weighted by molar-refractivity contribution is 5.96. The van der Waals surface area contributed by atoms with Gasteiger partial charge in [-0.05, 0) is 31.5 Å². The van der Waals surface area contributed by atoms with E-state index in [-0.39, 0.29) is 18.3 Å². The zero-order valence-electron chi connectivity index (χ0n) is 11.8. The summed E-state index contributed by atoms with van der Waals surface area (Å²) in [5.74, 6) is 0.459. The van der Waals surface area contributed by atoms with Gasteiger partial charge in [0, 0.05) is 13.7 Å². The summed E-state index contributed by atoms with van der Waals surface area (Å²) in [7, 11) is 1.61. The number of ether oxygens (including phenoxy) is 2. The van der Waals surface area contributed by atoms with E-state index in [4.69, 9.17) is 15.2 Å². The van der Waals surface area contributed by atoms with E-state index < -0.39 is 0 Å². The summed E-state index contributed by atoms with van der Waals surface area (Å²) in [6.07, 6.45) is 1.79. The number of unbranched alkanes of at least 4 members (excludes halogenated alkanes) is 1. The first-order chi connectivity index (χ1) is 9.29. The number of hydrogen-bond donors (Lipinski definition) is 2. The molecule has 0 saturated heterocycles. The zero-order valence-corrected chi connectivity index (χ0v) is 12.6. The molecule has 0 heterocycles. The number of para-hydroxylation sites is 1. The smallest absolute Gasteiger partial charge is 0.255 e. The van der Waals surface area contributed by atoms with Crippen molar-refractivity contribution in [2.75, 3.05) is 33.4 Å². The predicted octanol–water partition coefficient (Wildman–Crippen LogP) is 1.60. The van der Waals surface area contributed by atoms with E-state index in [1.807, 2.05) is 12.1 Å². The van der Waals surface area contributed by atoms with Crippen LogP contribution in [-0.2, 0) is 4.74 Å². The average Bonchev–Trinajstić information content (AvgIpc) is 2.44. The molecular formula is C14H23ClN2O3. The Morgan fingerprint density at radius 1 is 1.25 bits per heavy atom. The molecule has 0 radical (unpaired) electrons. The van der Waals surface area contributed by atoms with Crippen molar-refractivity contribution in [1.82, 2.24) is 5.32 Å². The first kappa shape index (κ1) is 18.7. The van der Waals surface area contributed by atoms with Gasteiger partial charge in [-0.2, -0.15) is 0 Å². The van der Waals surface area contributed by atoms with Gasteiger partial charge in [0.1, 0.15) is 12.4 Å². The van der Waals surface area contributed by atoms with Crippen LogP contribution in [0.2, 0.25) is 0 Å². The van der Waals surface area contributed by atoms with E-state index in [0.29, 0.717) is 37.6 Å². The minimum absolute atomic E-state index is 0. The van der Waals surface area contributed by atoms with Crippen LogP contribution in [0.15, 0.2) is 24.3 Å². The van der Waals surface area contributed by atoms with Crippen LogP contribution in [0.3, 0.4) is 0 Å². The van der Waals surface area contributed by atoms with Crippen LogP contribution >= 0.6 is 12.4 Å². The molecule has 0 atom stereocenters. The second-order valence-corrected chi connectivity index (χ2v) is 4.09. The fraction of sp³-hybridized carbons (Fsp3) is 0.500. The van der Waals surface area contributed by atoms with Gasteiger partial charge >= 0.3 is 0 Å². The molecule has 0 aromatic heterocycles. The highest BCUT2D eigenvalue weighted by Gasteiger charge is 2.11. The standard InChI is InChI=1S/C14H22N2O3.ClH/c1-18-10-11-19-13-7-3-2-6-12(13)14(17)16-9-5-4-8-15;/h2-3,6-7H,4-5,8-11,15H2,1H3,(H,16,17);1H. The molecule has 6 heteroatoms. The first-order valence-corrected chi connectivity index (χ1v) is 6.48. The number of halogens is 1. The number of amides is 1. The number of nitrogens with one attached hydrogen (secondary N) is 1. The lowest BCUT2D eigenvalue weighted by atomic mass is 10.2. The molecular weight excluding hydrogens is 280 g/mol. The van der Waals surface area contributed by atoms with Gasteiger partial charge in [-0.25, -0.2) is 0 Å². The van der Waals surface area contributed by atoms with Crippen LogP contribution in [0.4, 0.5) is 0 Å². The van der Waals surface area contributed by atoms with Crippen molar-refractivity contribution >= 4 is 18.3 Å². The van der Waals surface area contributed by atoms with Crippen molar-refractivity contribution in [3.05, 3.63) is 29.8 Å². The third-order valence-electron chi connectivity index (χ3n) is 2.59. The maximum atomic E-state index is 12.0. The molecule has 1 amide bonds. The number of benzene rings is 1. The Kier molecular flexibility index (Phi) is 10.8. The molecule has 0 unspecified atom stereocenters. The van der Waals surface area contributed by atoms with Gasteiger partial charge in [-0.3, -0.25) is 4.79 Å². The van der Waals surface area contributed by atoms with Crippen LogP contribution in [-0.4, -0.2) is 39.3 Å². The number of carbonyl (C=O) groups excluding carboxylic acids is 1. The Morgan fingerprint density at radius 2 is 2.00 bits per heavy atom. The lowest BCUT2D eigenvalue weighted by Gasteiger charge is -2.11. The van der Waals surface area contributed by atoms with E-state index in [9.17, 15) is 4.79 Å². The fourth-order valence-corrected chi connectivity index (χ4v) is 1.58. The summed E-state index contributed by atoms with van der Waals surface area (Å²) in [5, 5.41) is 2.86. The van der Waals surface area contributed by atoms with Crippen molar-refractivity contribution in [1.29, 1.82) is 0 Å². The van der Waals surface area contributed by atoms with Crippen molar-refractivity contribution in [2.24, 2.45) is 5.73 Å². The van der Waals surface area contributed by atoms with Gasteiger partial charge in [-0.15, -0.1) is 12.4 Å². The summed E-state index contributed by atoms with van der Waals surface area (Å²) < 4.78 is 10.4. The predicted molar refractivity (Wildman–Crippen MR) is 81.7 cm³/mol. The van der Waals surface area contributed by atoms with Gasteiger partial charge < -0.3 is 20.5 Å². The molecule has 20 heavy (non-hydrogen) atoms. The second-order valence-electron chi connectivity index (χ2n) is 4.09. The van der Waals surface area contributed by atoms with Crippen LogP contribution in [0.25, 0.3) is 0 Å². The molecule has 0 fully saturated rings. The van der Waals surface area contributed by atoms with Crippen LogP contribution in [0, 0.1) is 0 Å². The van der Waals surface area contributed by atoms with E-state index in [0.717, 1.165) is 12.8 Å². The van der Waals surface area contributed by atoms with E-state index in [1.165, 1.54) is 0 Å². The number of rotatable bonds is 9. The molecule has 0 aliphatic carbocycles. The molecule has 1 aromatic carbocycles. The van der Waals surface area contributed by atoms with Gasteiger partial charge in [0.25, 0.3) is 5.91 Å². The highest BCUT2D eigenvalue weighted by Crippen LogP contribution is 2.17. The summed E-state index contributed by atoms with van der Waals surface area (Å²) >= 11 is 0. The maximum Gasteiger partial charge on any atom is 0.255 e. The average molecular weight is 303 g/mol. The second kappa shape index (κ2) is 11.5. The van der Waals surface area contributed by atoms with Gasteiger partial charge in [0.2, 0.25) is 0 Å². The largest absolute Gasteiger partial charge is 0.490 e. The van der Waals surface area contributed by atoms with E-state index in [1.54, 1.807) is 19.2 Å². The number of nitrogens with two attached hydrogens (primary N) is 1. The highest BCUT2D eigenvalue weighted by atomic mass is 35.5. The fourth-order valence-electron chi connectivity index (χ4n) is 1.58. The third-order valence-corrected chi connectivity index (χ3v) is 2.59. The molecule has 1 aromatic rings. The van der Waals surface area contributed by atoms with Gasteiger partial charge in [0.05, 0.1) is 12.2 Å². The number of hydrogen-bond acceptors (Lipinski definition) is 4. The van der Waals surface area contributed by atoms with Crippen LogP contribution < -0.4 is 15.8 Å². The van der Waals surface area contributed by atoms with Crippen molar-refractivity contribution in [3.8, 4) is 5.75 Å². The van der Waals surface area contributed by atoms with Crippen molar-refractivity contribution < 1.29 is 14.3 Å². The molecule has 5 nitrogen and oxygen atoms in total. The van der Waals surface area contributed by atoms with Gasteiger partial charge in [-0.1, -0.05) is 12.1 Å². The molecule has 0 aliphatic heterocycles. The zero-order chi connectivity index (χ0) is 13.9. The molecule has 0 spiro atoms. The quantitative estimate of drug-likeness (QED) is 0.680. The molecule has 1 rings (SSSR count). The maximum absolute atomic E-state index is 12.0. The molecule has 0 bridgehead atoms. The Hall–Kier alpha value is -1.30. The van der Waals surface area contributed by atoms with Gasteiger partial charge in [0.15, 0.2) is 0 Å². The summed E-state index contributed by atoms with van der Waals surface area (Å²) in [5.41, 5.74) is 5.95. The lowest BCUT2D eigenvalue weighted by molar-refractivity contribution is 0.0945. The van der Waals surface area contributed by atoms with Crippen molar-refractivity contribution in [3.63, 3.8) is 0 Å². The summed E-state index contributed by atoms with van der Waals surface area (Å²) in [6, 6.07) is 7.19. The first-order valence-electron chi connectivity index (χ1n) is 6.48. The monoisotopic (exact) mass is 302 g/mol. The Labute approximate surface area is 126 Å². The van der Waals surface area contributed by atoms with Crippen LogP contribution in [0.5, 0.6) is 5.75 Å². The molecule has 0 aliphatic rings. The minimum atomic E-state index is -0.120. The SMILES string of the molecule is COCCOc1ccccc1C(=O)NCCCCN.Cl. The third kappa shape index (κ3) is 6.75. The lowest BCUT2D eigenvalue weighted by Crippen LogP contribution is -2.25. The Morgan fingerprint density at radius 3 is 2.70 bits per heavy atom. The summed E-state index contributed by atoms with van der Waals surface area (Å²) in [4.78, 5) is 12.0. The number of carbonyl (C=O) groups is 1. The van der Waals surface area contributed by atoms with Crippen LogP contribution in [0.1, 0.15) is 23.2 Å². The normalized spacial score (nSPS) is 9.70. The molecule has 3 N–H and O–H groups in total. The van der Waals surface area contributed by atoms with Crippen molar-refractivity contribution in [2.45, 2.75) is 12.8 Å². The topological polar surface area (TPSA) is 73.6 Å². The summed E-state index contributed by atoms with van der Waals surface area (Å²) in [6.45, 7) is 2.19. The Bertz CT molecular complexity index is 388. The Balaban J connectivity index is 0.00000361.